The van der Waals surface area contributed by atoms with Crippen LogP contribution < -0.4 is 0 Å². The van der Waals surface area contributed by atoms with Crippen LogP contribution in [0.4, 0.5) is 0 Å². The van der Waals surface area contributed by atoms with Gasteiger partial charge in [-0.1, -0.05) is 43.9 Å². The zero-order valence-corrected chi connectivity index (χ0v) is 11.9. The van der Waals surface area contributed by atoms with Crippen LogP contribution in [0.15, 0.2) is 24.8 Å². The quantitative estimate of drug-likeness (QED) is 0.379. The Morgan fingerprint density at radius 3 is 2.17 bits per heavy atom. The molecule has 0 aromatic heterocycles. The number of allylic oxidation sites excluding steroid dienone is 3. The number of ether oxygens (including phenoxy) is 1. The van der Waals surface area contributed by atoms with Crippen molar-refractivity contribution in [3.05, 3.63) is 24.8 Å². The first-order valence-corrected chi connectivity index (χ1v) is 7.79. The van der Waals surface area contributed by atoms with Gasteiger partial charge in [0.15, 0.2) is 0 Å². The summed E-state index contributed by atoms with van der Waals surface area (Å²) in [7, 11) is 0. The number of unbranched alkanes of at least 4 members (excludes halogenated alkanes) is 7. The Kier molecular flexibility index (Phi) is 9.92. The third-order valence-electron chi connectivity index (χ3n) is 3.70. The lowest BCUT2D eigenvalue weighted by molar-refractivity contribution is 0.0785. The van der Waals surface area contributed by atoms with Gasteiger partial charge in [-0.3, -0.25) is 0 Å². The second-order valence-corrected chi connectivity index (χ2v) is 5.37. The number of hydrogen-bond donors (Lipinski definition) is 0. The van der Waals surface area contributed by atoms with Crippen molar-refractivity contribution in [3.8, 4) is 0 Å². The van der Waals surface area contributed by atoms with E-state index in [1.807, 2.05) is 6.08 Å². The minimum absolute atomic E-state index is 0.789. The molecule has 1 aliphatic rings. The molecule has 0 aliphatic carbocycles. The van der Waals surface area contributed by atoms with E-state index in [2.05, 4.69) is 18.7 Å². The van der Waals surface area contributed by atoms with E-state index in [1.165, 1.54) is 64.2 Å². The predicted octanol–water partition coefficient (Wildman–Crippen LogP) is 5.28. The molecule has 0 N–H and O–H groups in total. The van der Waals surface area contributed by atoms with Gasteiger partial charge >= 0.3 is 0 Å². The molecule has 1 rings (SSSR count). The Labute approximate surface area is 113 Å². The monoisotopic (exact) mass is 250 g/mol. The molecule has 1 heterocycles. The largest absolute Gasteiger partial charge is 0.381 e. The summed E-state index contributed by atoms with van der Waals surface area (Å²) in [6.07, 6.45) is 20.0. The summed E-state index contributed by atoms with van der Waals surface area (Å²) in [6.45, 7) is 5.67. The lowest BCUT2D eigenvalue weighted by atomic mass is 9.99. The van der Waals surface area contributed by atoms with Crippen LogP contribution >= 0.6 is 0 Å². The maximum absolute atomic E-state index is 5.36. The Bertz CT molecular complexity index is 214. The molecule has 0 spiro atoms. The van der Waals surface area contributed by atoms with Gasteiger partial charge in [0, 0.05) is 13.2 Å². The first kappa shape index (κ1) is 15.5. The lowest BCUT2D eigenvalue weighted by Crippen LogP contribution is -2.13. The smallest absolute Gasteiger partial charge is 0.0471 e. The summed E-state index contributed by atoms with van der Waals surface area (Å²) in [5, 5.41) is 0. The van der Waals surface area contributed by atoms with Crippen molar-refractivity contribution in [2.24, 2.45) is 5.92 Å². The molecule has 0 unspecified atom stereocenters. The van der Waals surface area contributed by atoms with Crippen LogP contribution in [-0.4, -0.2) is 13.2 Å². The number of rotatable bonds is 10. The second-order valence-electron chi connectivity index (χ2n) is 5.37. The summed E-state index contributed by atoms with van der Waals surface area (Å²) in [5.41, 5.74) is 0. The summed E-state index contributed by atoms with van der Waals surface area (Å²) >= 11 is 0. The third-order valence-corrected chi connectivity index (χ3v) is 3.70. The normalized spacial score (nSPS) is 17.3. The first-order chi connectivity index (χ1) is 8.93. The molecule has 1 fully saturated rings. The van der Waals surface area contributed by atoms with Gasteiger partial charge in [0.1, 0.15) is 0 Å². The fourth-order valence-electron chi connectivity index (χ4n) is 2.45. The van der Waals surface area contributed by atoms with Crippen LogP contribution in [0.1, 0.15) is 64.2 Å². The Hall–Kier alpha value is -0.560. The highest BCUT2D eigenvalue weighted by Gasteiger charge is 2.09. The summed E-state index contributed by atoms with van der Waals surface area (Å²) < 4.78 is 5.36. The molecule has 0 amide bonds. The molecule has 1 nitrogen and oxygen atoms in total. The summed E-state index contributed by atoms with van der Waals surface area (Å²) in [6, 6.07) is 0. The average Bonchev–Trinajstić information content (AvgIpc) is 2.42. The SMILES string of the molecule is C=CCCCCCCCC/C=C/C1CCOCC1. The van der Waals surface area contributed by atoms with Gasteiger partial charge < -0.3 is 4.74 Å². The van der Waals surface area contributed by atoms with E-state index < -0.39 is 0 Å². The van der Waals surface area contributed by atoms with Crippen molar-refractivity contribution in [1.29, 1.82) is 0 Å². The van der Waals surface area contributed by atoms with Crippen LogP contribution in [0.2, 0.25) is 0 Å². The van der Waals surface area contributed by atoms with E-state index in [0.29, 0.717) is 0 Å². The molecule has 18 heavy (non-hydrogen) atoms. The van der Waals surface area contributed by atoms with Crippen molar-refractivity contribution in [3.63, 3.8) is 0 Å². The van der Waals surface area contributed by atoms with Gasteiger partial charge in [-0.25, -0.2) is 0 Å². The molecule has 0 saturated carbocycles. The standard InChI is InChI=1S/C17H30O/c1-2-3-4-5-6-7-8-9-10-11-12-17-13-15-18-16-14-17/h2,11-12,17H,1,3-10,13-16H2/b12-11+. The third kappa shape index (κ3) is 8.52. The molecule has 104 valence electrons. The van der Waals surface area contributed by atoms with E-state index >= 15 is 0 Å². The highest BCUT2D eigenvalue weighted by Crippen LogP contribution is 2.16. The van der Waals surface area contributed by atoms with Crippen LogP contribution in [0.5, 0.6) is 0 Å². The van der Waals surface area contributed by atoms with E-state index in [1.54, 1.807) is 0 Å². The van der Waals surface area contributed by atoms with Gasteiger partial charge in [0.2, 0.25) is 0 Å². The minimum Gasteiger partial charge on any atom is -0.381 e. The van der Waals surface area contributed by atoms with Crippen molar-refractivity contribution < 1.29 is 4.74 Å². The Balaban J connectivity index is 1.82. The molecule has 0 aromatic carbocycles. The van der Waals surface area contributed by atoms with Crippen molar-refractivity contribution in [2.45, 2.75) is 64.2 Å². The minimum atomic E-state index is 0.789. The zero-order valence-electron chi connectivity index (χ0n) is 11.9. The van der Waals surface area contributed by atoms with Gasteiger partial charge in [0.25, 0.3) is 0 Å². The van der Waals surface area contributed by atoms with Crippen molar-refractivity contribution >= 4 is 0 Å². The van der Waals surface area contributed by atoms with Crippen LogP contribution in [0.25, 0.3) is 0 Å². The Morgan fingerprint density at radius 1 is 0.889 bits per heavy atom. The summed E-state index contributed by atoms with van der Waals surface area (Å²) in [5.74, 6) is 0.789. The molecule has 0 radical (unpaired) electrons. The molecule has 0 bridgehead atoms. The van der Waals surface area contributed by atoms with Gasteiger partial charge in [0.05, 0.1) is 0 Å². The van der Waals surface area contributed by atoms with Crippen LogP contribution in [-0.2, 0) is 4.74 Å². The van der Waals surface area contributed by atoms with Crippen molar-refractivity contribution in [1.82, 2.24) is 0 Å². The van der Waals surface area contributed by atoms with Gasteiger partial charge in [-0.2, -0.15) is 0 Å². The predicted molar refractivity (Wildman–Crippen MR) is 79.8 cm³/mol. The highest BCUT2D eigenvalue weighted by atomic mass is 16.5. The number of hydrogen-bond acceptors (Lipinski definition) is 1. The molecular formula is C17H30O. The molecule has 0 aromatic rings. The topological polar surface area (TPSA) is 9.23 Å². The van der Waals surface area contributed by atoms with Gasteiger partial charge in [-0.05, 0) is 44.4 Å². The lowest BCUT2D eigenvalue weighted by Gasteiger charge is -2.18. The van der Waals surface area contributed by atoms with E-state index in [-0.39, 0.29) is 0 Å². The van der Waals surface area contributed by atoms with Gasteiger partial charge in [-0.15, -0.1) is 6.58 Å². The zero-order chi connectivity index (χ0) is 12.9. The fourth-order valence-corrected chi connectivity index (χ4v) is 2.45. The Morgan fingerprint density at radius 2 is 1.50 bits per heavy atom. The summed E-state index contributed by atoms with van der Waals surface area (Å²) in [4.78, 5) is 0. The van der Waals surface area contributed by atoms with Crippen LogP contribution in [0, 0.1) is 5.92 Å². The fraction of sp³-hybridized carbons (Fsp3) is 0.765. The molecule has 0 atom stereocenters. The van der Waals surface area contributed by atoms with Crippen molar-refractivity contribution in [2.75, 3.05) is 13.2 Å². The first-order valence-electron chi connectivity index (χ1n) is 7.79. The van der Waals surface area contributed by atoms with E-state index in [9.17, 15) is 0 Å². The molecule has 1 heteroatoms. The average molecular weight is 250 g/mol. The maximum Gasteiger partial charge on any atom is 0.0471 e. The van der Waals surface area contributed by atoms with Crippen LogP contribution in [0.3, 0.4) is 0 Å². The molecule has 1 aliphatic heterocycles. The second kappa shape index (κ2) is 11.5. The molecular weight excluding hydrogens is 220 g/mol. The van der Waals surface area contributed by atoms with E-state index in [0.717, 1.165) is 19.1 Å². The molecule has 1 saturated heterocycles. The highest BCUT2D eigenvalue weighted by molar-refractivity contribution is 4.89. The maximum atomic E-state index is 5.36. The van der Waals surface area contributed by atoms with E-state index in [4.69, 9.17) is 4.74 Å².